The summed E-state index contributed by atoms with van der Waals surface area (Å²) < 4.78 is 11.3. The molecule has 1 unspecified atom stereocenters. The molecule has 106 valence electrons. The Hall–Kier alpha value is -0.580. The van der Waals surface area contributed by atoms with E-state index in [4.69, 9.17) is 19.2 Å². The minimum absolute atomic E-state index is 0.298. The molecule has 19 heavy (non-hydrogen) atoms. The van der Waals surface area contributed by atoms with Crippen LogP contribution in [0.25, 0.3) is 0 Å². The standard InChI is InChI=1S/C15H22O4/c1-9(16-2)14-8-17-15(19-18-14)12-4-10-3-11(6-12)7-13(15)5-10/h10-14H,1,3-8H2,2H3. The Balaban J connectivity index is 1.52. The van der Waals surface area contributed by atoms with Gasteiger partial charge in [-0.25, -0.2) is 4.89 Å². The summed E-state index contributed by atoms with van der Waals surface area (Å²) in [6, 6.07) is 0. The molecular formula is C15H22O4. The highest BCUT2D eigenvalue weighted by molar-refractivity contribution is 5.05. The smallest absolute Gasteiger partial charge is 0.207 e. The molecule has 0 amide bonds. The molecule has 1 aliphatic heterocycles. The Kier molecular flexibility index (Phi) is 2.70. The maximum Gasteiger partial charge on any atom is 0.207 e. The first-order valence-corrected chi connectivity index (χ1v) is 7.42. The molecule has 4 bridgehead atoms. The third-order valence-electron chi connectivity index (χ3n) is 5.65. The van der Waals surface area contributed by atoms with Crippen molar-refractivity contribution in [1.29, 1.82) is 0 Å². The normalized spacial score (nSPS) is 51.5. The van der Waals surface area contributed by atoms with Gasteiger partial charge in [-0.15, -0.1) is 0 Å². The highest BCUT2D eigenvalue weighted by Gasteiger charge is 2.61. The van der Waals surface area contributed by atoms with Gasteiger partial charge in [-0.3, -0.25) is 0 Å². The fourth-order valence-electron chi connectivity index (χ4n) is 4.88. The van der Waals surface area contributed by atoms with Crippen molar-refractivity contribution in [3.05, 3.63) is 12.3 Å². The molecule has 4 aliphatic carbocycles. The van der Waals surface area contributed by atoms with Gasteiger partial charge in [-0.05, 0) is 43.9 Å². The van der Waals surface area contributed by atoms with Gasteiger partial charge in [0, 0.05) is 11.8 Å². The molecule has 1 atom stereocenters. The second kappa shape index (κ2) is 4.21. The summed E-state index contributed by atoms with van der Waals surface area (Å²) in [5, 5.41) is 0. The van der Waals surface area contributed by atoms with Crippen molar-refractivity contribution in [2.24, 2.45) is 23.7 Å². The lowest BCUT2D eigenvalue weighted by Crippen LogP contribution is -2.63. The maximum atomic E-state index is 6.19. The van der Waals surface area contributed by atoms with Crippen molar-refractivity contribution in [1.82, 2.24) is 0 Å². The van der Waals surface area contributed by atoms with E-state index in [2.05, 4.69) is 6.58 Å². The highest BCUT2D eigenvalue weighted by atomic mass is 17.2. The van der Waals surface area contributed by atoms with E-state index >= 15 is 0 Å². The summed E-state index contributed by atoms with van der Waals surface area (Å²) in [5.74, 6) is 2.91. The van der Waals surface area contributed by atoms with E-state index in [0.29, 0.717) is 24.2 Å². The molecule has 4 nitrogen and oxygen atoms in total. The van der Waals surface area contributed by atoms with Crippen LogP contribution in [0.15, 0.2) is 12.3 Å². The van der Waals surface area contributed by atoms with Crippen LogP contribution in [-0.4, -0.2) is 25.6 Å². The van der Waals surface area contributed by atoms with Crippen LogP contribution < -0.4 is 0 Å². The first kappa shape index (κ1) is 12.2. The molecule has 5 aliphatic rings. The fourth-order valence-corrected chi connectivity index (χ4v) is 4.88. The zero-order chi connectivity index (χ0) is 13.0. The third-order valence-corrected chi connectivity index (χ3v) is 5.65. The molecule has 4 heteroatoms. The van der Waals surface area contributed by atoms with Crippen LogP contribution in [0.5, 0.6) is 0 Å². The Morgan fingerprint density at radius 1 is 1.11 bits per heavy atom. The van der Waals surface area contributed by atoms with Gasteiger partial charge in [0.15, 0.2) is 6.10 Å². The average molecular weight is 266 g/mol. The van der Waals surface area contributed by atoms with E-state index in [1.807, 2.05) is 0 Å². The van der Waals surface area contributed by atoms with Crippen molar-refractivity contribution < 1.29 is 19.2 Å². The van der Waals surface area contributed by atoms with Crippen LogP contribution in [0.1, 0.15) is 32.1 Å². The van der Waals surface area contributed by atoms with E-state index in [9.17, 15) is 0 Å². The topological polar surface area (TPSA) is 36.9 Å². The van der Waals surface area contributed by atoms with Crippen LogP contribution in [0.3, 0.4) is 0 Å². The fraction of sp³-hybridized carbons (Fsp3) is 0.867. The lowest BCUT2D eigenvalue weighted by atomic mass is 9.53. The predicted molar refractivity (Wildman–Crippen MR) is 67.8 cm³/mol. The monoisotopic (exact) mass is 266 g/mol. The lowest BCUT2D eigenvalue weighted by molar-refractivity contribution is -0.522. The predicted octanol–water partition coefficient (Wildman–Crippen LogP) is 2.65. The SMILES string of the molecule is C=C(OC)C1COC2(OO1)C1CC3CC(C1)CC2C3. The van der Waals surface area contributed by atoms with Gasteiger partial charge in [-0.2, -0.15) is 4.89 Å². The lowest BCUT2D eigenvalue weighted by Gasteiger charge is -2.60. The van der Waals surface area contributed by atoms with Gasteiger partial charge >= 0.3 is 0 Å². The van der Waals surface area contributed by atoms with Crippen molar-refractivity contribution in [2.45, 2.75) is 44.0 Å². The molecule has 0 radical (unpaired) electrons. The summed E-state index contributed by atoms with van der Waals surface area (Å²) in [5.41, 5.74) is 0. The highest BCUT2D eigenvalue weighted by Crippen LogP contribution is 2.60. The third kappa shape index (κ3) is 1.70. The van der Waals surface area contributed by atoms with E-state index < -0.39 is 5.79 Å². The minimum atomic E-state index is -0.474. The van der Waals surface area contributed by atoms with Gasteiger partial charge in [0.05, 0.1) is 13.7 Å². The Bertz CT molecular complexity index is 354. The second-order valence-electron chi connectivity index (χ2n) is 6.68. The van der Waals surface area contributed by atoms with Crippen LogP contribution in [0.4, 0.5) is 0 Å². The summed E-state index contributed by atoms with van der Waals surface area (Å²) in [6.45, 7) is 4.31. The van der Waals surface area contributed by atoms with Gasteiger partial charge in [0.2, 0.25) is 5.79 Å². The van der Waals surface area contributed by atoms with Crippen LogP contribution >= 0.6 is 0 Å². The van der Waals surface area contributed by atoms with Crippen molar-refractivity contribution in [2.75, 3.05) is 13.7 Å². The van der Waals surface area contributed by atoms with Crippen LogP contribution in [-0.2, 0) is 19.2 Å². The number of methoxy groups -OCH3 is 1. The summed E-state index contributed by atoms with van der Waals surface area (Å²) in [6.07, 6.45) is 6.09. The minimum Gasteiger partial charge on any atom is -0.499 e. The van der Waals surface area contributed by atoms with Crippen LogP contribution in [0, 0.1) is 23.7 Å². The first-order valence-electron chi connectivity index (χ1n) is 7.42. The van der Waals surface area contributed by atoms with E-state index in [1.165, 1.54) is 32.1 Å². The van der Waals surface area contributed by atoms with Gasteiger partial charge < -0.3 is 9.47 Å². The first-order chi connectivity index (χ1) is 9.21. The van der Waals surface area contributed by atoms with Gasteiger partial charge in [0.25, 0.3) is 0 Å². The maximum absolute atomic E-state index is 6.19. The van der Waals surface area contributed by atoms with Gasteiger partial charge in [0.1, 0.15) is 5.76 Å². The molecule has 0 aromatic carbocycles. The average Bonchev–Trinajstić information content (AvgIpc) is 2.44. The summed E-state index contributed by atoms with van der Waals surface area (Å²) in [4.78, 5) is 11.4. The molecule has 0 aromatic heterocycles. The largest absolute Gasteiger partial charge is 0.499 e. The molecule has 4 saturated carbocycles. The number of hydrogen-bond acceptors (Lipinski definition) is 4. The molecular weight excluding hydrogens is 244 g/mol. The molecule has 1 saturated heterocycles. The molecule has 1 spiro atoms. The van der Waals surface area contributed by atoms with E-state index in [0.717, 1.165) is 11.8 Å². The summed E-state index contributed by atoms with van der Waals surface area (Å²) >= 11 is 0. The zero-order valence-corrected chi connectivity index (χ0v) is 11.5. The Morgan fingerprint density at radius 3 is 2.21 bits per heavy atom. The number of rotatable bonds is 2. The Labute approximate surface area is 114 Å². The van der Waals surface area contributed by atoms with E-state index in [1.54, 1.807) is 7.11 Å². The molecule has 0 N–H and O–H groups in total. The number of hydrogen-bond donors (Lipinski definition) is 0. The van der Waals surface area contributed by atoms with Crippen molar-refractivity contribution >= 4 is 0 Å². The quantitative estimate of drug-likeness (QED) is 0.569. The van der Waals surface area contributed by atoms with Gasteiger partial charge in [-0.1, -0.05) is 6.58 Å². The van der Waals surface area contributed by atoms with Crippen molar-refractivity contribution in [3.63, 3.8) is 0 Å². The van der Waals surface area contributed by atoms with Crippen molar-refractivity contribution in [3.8, 4) is 0 Å². The molecule has 0 aromatic rings. The second-order valence-corrected chi connectivity index (χ2v) is 6.68. The molecule has 1 heterocycles. The molecule has 5 fully saturated rings. The van der Waals surface area contributed by atoms with Crippen LogP contribution in [0.2, 0.25) is 0 Å². The zero-order valence-electron chi connectivity index (χ0n) is 11.5. The number of ether oxygens (including phenoxy) is 2. The molecule has 5 rings (SSSR count). The van der Waals surface area contributed by atoms with E-state index in [-0.39, 0.29) is 6.10 Å². The Morgan fingerprint density at radius 2 is 1.74 bits per heavy atom. The summed E-state index contributed by atoms with van der Waals surface area (Å²) in [7, 11) is 1.60.